The van der Waals surface area contributed by atoms with E-state index in [1.54, 1.807) is 0 Å². The van der Waals surface area contributed by atoms with Crippen LogP contribution in [0.15, 0.2) is 22.8 Å². The second-order valence-electron chi connectivity index (χ2n) is 4.00. The van der Waals surface area contributed by atoms with E-state index in [0.29, 0.717) is 12.8 Å². The zero-order valence-electron chi connectivity index (χ0n) is 9.84. The molecule has 1 aromatic carbocycles. The van der Waals surface area contributed by atoms with E-state index in [-0.39, 0.29) is 5.97 Å². The van der Waals surface area contributed by atoms with Crippen LogP contribution in [0.1, 0.15) is 17.5 Å². The Bertz CT molecular complexity index is 560. The first-order valence-corrected chi connectivity index (χ1v) is 6.24. The highest BCUT2D eigenvalue weighted by molar-refractivity contribution is 9.10. The molecule has 2 aromatic rings. The fraction of sp³-hybridized carbons (Fsp3) is 0.308. The third-order valence-corrected chi connectivity index (χ3v) is 3.56. The molecule has 0 bridgehead atoms. The molecule has 2 rings (SSSR count). The maximum atomic E-state index is 11.2. The second kappa shape index (κ2) is 4.92. The minimum Gasteiger partial charge on any atom is -0.469 e. The molecule has 1 N–H and O–H groups in total. The van der Waals surface area contributed by atoms with Gasteiger partial charge in [-0.1, -0.05) is 22.0 Å². The molecular formula is C13H14BrNO2. The molecule has 0 saturated heterocycles. The molecule has 17 heavy (non-hydrogen) atoms. The number of ether oxygens (including phenoxy) is 1. The molecule has 4 heteroatoms. The number of carbonyl (C=O) groups excluding carboxylic acids is 1. The first-order chi connectivity index (χ1) is 8.13. The van der Waals surface area contributed by atoms with Crippen LogP contribution < -0.4 is 0 Å². The van der Waals surface area contributed by atoms with Crippen molar-refractivity contribution in [3.05, 3.63) is 33.9 Å². The molecule has 0 aliphatic rings. The molecule has 1 heterocycles. The number of hydrogen-bond acceptors (Lipinski definition) is 2. The number of fused-ring (bicyclic) bond motifs is 1. The van der Waals surface area contributed by atoms with Gasteiger partial charge >= 0.3 is 5.97 Å². The van der Waals surface area contributed by atoms with Crippen molar-refractivity contribution in [2.24, 2.45) is 0 Å². The van der Waals surface area contributed by atoms with Gasteiger partial charge in [0.2, 0.25) is 0 Å². The molecule has 0 aliphatic carbocycles. The number of benzene rings is 1. The molecule has 0 aliphatic heterocycles. The lowest BCUT2D eigenvalue weighted by molar-refractivity contribution is -0.140. The summed E-state index contributed by atoms with van der Waals surface area (Å²) in [4.78, 5) is 14.4. The number of rotatable bonds is 3. The highest BCUT2D eigenvalue weighted by Crippen LogP contribution is 2.30. The van der Waals surface area contributed by atoms with Gasteiger partial charge in [0.15, 0.2) is 0 Å². The number of aromatic amines is 1. The number of nitrogens with one attached hydrogen (secondary N) is 1. The van der Waals surface area contributed by atoms with Crippen molar-refractivity contribution in [3.8, 4) is 0 Å². The van der Waals surface area contributed by atoms with Crippen LogP contribution in [0.3, 0.4) is 0 Å². The Kier molecular flexibility index (Phi) is 3.52. The molecule has 0 saturated carbocycles. The van der Waals surface area contributed by atoms with E-state index in [1.807, 2.05) is 12.3 Å². The van der Waals surface area contributed by atoms with Crippen LogP contribution in [0.25, 0.3) is 10.9 Å². The Morgan fingerprint density at radius 2 is 2.24 bits per heavy atom. The lowest BCUT2D eigenvalue weighted by Crippen LogP contribution is -2.01. The molecule has 0 atom stereocenters. The highest BCUT2D eigenvalue weighted by Gasteiger charge is 2.10. The second-order valence-corrected chi connectivity index (χ2v) is 4.86. The monoisotopic (exact) mass is 295 g/mol. The van der Waals surface area contributed by atoms with Crippen molar-refractivity contribution in [2.75, 3.05) is 7.11 Å². The number of aromatic nitrogens is 1. The van der Waals surface area contributed by atoms with Gasteiger partial charge in [0.05, 0.1) is 7.11 Å². The number of hydrogen-bond donors (Lipinski definition) is 1. The van der Waals surface area contributed by atoms with Crippen LogP contribution in [0, 0.1) is 6.92 Å². The van der Waals surface area contributed by atoms with Crippen molar-refractivity contribution in [1.82, 2.24) is 4.98 Å². The summed E-state index contributed by atoms with van der Waals surface area (Å²) in [7, 11) is 1.41. The smallest absolute Gasteiger partial charge is 0.305 e. The number of H-pyrrole nitrogens is 1. The quantitative estimate of drug-likeness (QED) is 0.883. The Balaban J connectivity index is 2.35. The third-order valence-electron chi connectivity index (χ3n) is 2.90. The van der Waals surface area contributed by atoms with Crippen LogP contribution in [-0.4, -0.2) is 18.1 Å². The van der Waals surface area contributed by atoms with Crippen LogP contribution in [0.5, 0.6) is 0 Å². The Morgan fingerprint density at radius 1 is 1.47 bits per heavy atom. The summed E-state index contributed by atoms with van der Waals surface area (Å²) in [5.74, 6) is -0.178. The van der Waals surface area contributed by atoms with Gasteiger partial charge in [-0.2, -0.15) is 0 Å². The van der Waals surface area contributed by atoms with Crippen molar-refractivity contribution < 1.29 is 9.53 Å². The average Bonchev–Trinajstić information content (AvgIpc) is 2.76. The topological polar surface area (TPSA) is 42.1 Å². The third kappa shape index (κ3) is 2.36. The maximum absolute atomic E-state index is 11.2. The fourth-order valence-electron chi connectivity index (χ4n) is 1.95. The van der Waals surface area contributed by atoms with Gasteiger partial charge in [-0.05, 0) is 30.5 Å². The maximum Gasteiger partial charge on any atom is 0.305 e. The van der Waals surface area contributed by atoms with Gasteiger partial charge in [-0.3, -0.25) is 4.79 Å². The van der Waals surface area contributed by atoms with E-state index >= 15 is 0 Å². The largest absolute Gasteiger partial charge is 0.469 e. The van der Waals surface area contributed by atoms with Crippen molar-refractivity contribution in [2.45, 2.75) is 19.8 Å². The van der Waals surface area contributed by atoms with Gasteiger partial charge < -0.3 is 9.72 Å². The summed E-state index contributed by atoms with van der Waals surface area (Å²) in [6.07, 6.45) is 3.06. The van der Waals surface area contributed by atoms with E-state index in [1.165, 1.54) is 12.7 Å². The number of aryl methyl sites for hydroxylation is 2. The van der Waals surface area contributed by atoms with Crippen molar-refractivity contribution in [1.29, 1.82) is 0 Å². The van der Waals surface area contributed by atoms with Crippen LogP contribution in [-0.2, 0) is 16.0 Å². The van der Waals surface area contributed by atoms with Gasteiger partial charge in [0.1, 0.15) is 0 Å². The molecule has 0 fully saturated rings. The van der Waals surface area contributed by atoms with E-state index in [0.717, 1.165) is 20.9 Å². The normalized spacial score (nSPS) is 10.8. The van der Waals surface area contributed by atoms with E-state index in [2.05, 4.69) is 38.6 Å². The minimum atomic E-state index is -0.178. The molecule has 0 amide bonds. The average molecular weight is 296 g/mol. The predicted molar refractivity (Wildman–Crippen MR) is 71.1 cm³/mol. The van der Waals surface area contributed by atoms with Gasteiger partial charge in [0, 0.05) is 28.0 Å². The highest BCUT2D eigenvalue weighted by atomic mass is 79.9. The lowest BCUT2D eigenvalue weighted by Gasteiger charge is -2.02. The first-order valence-electron chi connectivity index (χ1n) is 5.45. The molecule has 90 valence electrons. The van der Waals surface area contributed by atoms with Gasteiger partial charge in [-0.15, -0.1) is 0 Å². The Labute approximate surface area is 108 Å². The Hall–Kier alpha value is -1.29. The molecule has 0 radical (unpaired) electrons. The van der Waals surface area contributed by atoms with Crippen LogP contribution in [0.2, 0.25) is 0 Å². The summed E-state index contributed by atoms with van der Waals surface area (Å²) in [5, 5.41) is 1.16. The zero-order chi connectivity index (χ0) is 12.4. The summed E-state index contributed by atoms with van der Waals surface area (Å²) in [6, 6.07) is 4.10. The van der Waals surface area contributed by atoms with Gasteiger partial charge in [0.25, 0.3) is 0 Å². The molecule has 3 nitrogen and oxygen atoms in total. The molecule has 0 unspecified atom stereocenters. The lowest BCUT2D eigenvalue weighted by atomic mass is 10.1. The number of carbonyl (C=O) groups is 1. The zero-order valence-corrected chi connectivity index (χ0v) is 11.4. The summed E-state index contributed by atoms with van der Waals surface area (Å²) in [5.41, 5.74) is 3.47. The summed E-state index contributed by atoms with van der Waals surface area (Å²) in [6.45, 7) is 2.06. The van der Waals surface area contributed by atoms with Crippen LogP contribution >= 0.6 is 15.9 Å². The van der Waals surface area contributed by atoms with E-state index in [4.69, 9.17) is 0 Å². The summed E-state index contributed by atoms with van der Waals surface area (Å²) < 4.78 is 5.71. The predicted octanol–water partition coefficient (Wildman–Crippen LogP) is 3.34. The van der Waals surface area contributed by atoms with E-state index in [9.17, 15) is 4.79 Å². The molecular weight excluding hydrogens is 282 g/mol. The Morgan fingerprint density at radius 3 is 2.94 bits per heavy atom. The SMILES string of the molecule is COC(=O)CCc1c[nH]c2c(C)ccc(Br)c12. The summed E-state index contributed by atoms with van der Waals surface area (Å²) >= 11 is 3.55. The molecule has 0 spiro atoms. The standard InChI is InChI=1S/C13H14BrNO2/c1-8-3-5-10(14)12-9(7-15-13(8)12)4-6-11(16)17-2/h3,5,7,15H,4,6H2,1-2H3. The van der Waals surface area contributed by atoms with Crippen molar-refractivity contribution in [3.63, 3.8) is 0 Å². The van der Waals surface area contributed by atoms with E-state index < -0.39 is 0 Å². The molecule has 1 aromatic heterocycles. The fourth-order valence-corrected chi connectivity index (χ4v) is 2.53. The van der Waals surface area contributed by atoms with Crippen molar-refractivity contribution >= 4 is 32.8 Å². The number of halogens is 1. The van der Waals surface area contributed by atoms with Crippen LogP contribution in [0.4, 0.5) is 0 Å². The first kappa shape index (κ1) is 12.2. The number of esters is 1. The number of methoxy groups -OCH3 is 1. The van der Waals surface area contributed by atoms with Gasteiger partial charge in [-0.25, -0.2) is 0 Å². The minimum absolute atomic E-state index is 0.178.